The molecule has 4 nitrogen and oxygen atoms in total. The van der Waals surface area contributed by atoms with Crippen molar-refractivity contribution in [2.24, 2.45) is 0 Å². The maximum Gasteiger partial charge on any atom is 0.0490 e. The smallest absolute Gasteiger partial charge is 0.0490 e. The molecular formula is C13H24N4. The third-order valence-corrected chi connectivity index (χ3v) is 3.61. The minimum Gasteiger partial charge on any atom is -0.311 e. The third-order valence-electron chi connectivity index (χ3n) is 3.61. The summed E-state index contributed by atoms with van der Waals surface area (Å²) >= 11 is 0. The number of H-pyrrole nitrogens is 1. The molecule has 0 aliphatic carbocycles. The molecule has 0 bridgehead atoms. The van der Waals surface area contributed by atoms with Gasteiger partial charge in [0.05, 0.1) is 0 Å². The molecule has 0 spiro atoms. The summed E-state index contributed by atoms with van der Waals surface area (Å²) in [6, 6.07) is 2.80. The second-order valence-electron chi connectivity index (χ2n) is 4.99. The Kier molecular flexibility index (Phi) is 5.01. The molecule has 1 atom stereocenters. The van der Waals surface area contributed by atoms with Crippen LogP contribution in [0.15, 0.2) is 12.3 Å². The van der Waals surface area contributed by atoms with Gasteiger partial charge < -0.3 is 10.2 Å². The molecule has 1 aromatic rings. The van der Waals surface area contributed by atoms with Gasteiger partial charge in [0, 0.05) is 24.5 Å². The molecule has 0 aromatic carbocycles. The van der Waals surface area contributed by atoms with Crippen molar-refractivity contribution in [3.8, 4) is 0 Å². The fourth-order valence-electron chi connectivity index (χ4n) is 2.50. The van der Waals surface area contributed by atoms with Gasteiger partial charge in [-0.05, 0) is 51.9 Å². The van der Waals surface area contributed by atoms with Crippen molar-refractivity contribution in [2.75, 3.05) is 19.6 Å². The number of nitrogens with zero attached hydrogens (tertiary/aromatic N) is 2. The molecule has 1 saturated heterocycles. The highest BCUT2D eigenvalue weighted by molar-refractivity contribution is 4.96. The molecule has 0 amide bonds. The van der Waals surface area contributed by atoms with Gasteiger partial charge in [-0.15, -0.1) is 0 Å². The summed E-state index contributed by atoms with van der Waals surface area (Å²) in [4.78, 5) is 2.63. The second-order valence-corrected chi connectivity index (χ2v) is 4.99. The first-order valence-corrected chi connectivity index (χ1v) is 6.79. The van der Waals surface area contributed by atoms with Crippen LogP contribution < -0.4 is 5.32 Å². The number of hydrogen-bond donors (Lipinski definition) is 2. The van der Waals surface area contributed by atoms with Gasteiger partial charge in [0.2, 0.25) is 0 Å². The molecular weight excluding hydrogens is 212 g/mol. The summed E-state index contributed by atoms with van der Waals surface area (Å²) in [5, 5.41) is 10.3. The van der Waals surface area contributed by atoms with Crippen LogP contribution >= 0.6 is 0 Å². The van der Waals surface area contributed by atoms with Crippen LogP contribution in [-0.4, -0.2) is 40.8 Å². The predicted molar refractivity (Wildman–Crippen MR) is 69.8 cm³/mol. The van der Waals surface area contributed by atoms with Crippen LogP contribution in [0.5, 0.6) is 0 Å². The average Bonchev–Trinajstić information content (AvgIpc) is 2.84. The van der Waals surface area contributed by atoms with Crippen molar-refractivity contribution in [2.45, 2.75) is 45.2 Å². The van der Waals surface area contributed by atoms with Gasteiger partial charge >= 0.3 is 0 Å². The van der Waals surface area contributed by atoms with Crippen molar-refractivity contribution in [3.63, 3.8) is 0 Å². The Bertz CT molecular complexity index is 296. The summed E-state index contributed by atoms with van der Waals surface area (Å²) in [6.07, 6.45) is 7.20. The Balaban J connectivity index is 1.53. The summed E-state index contributed by atoms with van der Waals surface area (Å²) in [6.45, 7) is 6.87. The Morgan fingerprint density at radius 3 is 3.24 bits per heavy atom. The number of rotatable bonds is 6. The van der Waals surface area contributed by atoms with Crippen LogP contribution in [0.25, 0.3) is 0 Å². The lowest BCUT2D eigenvalue weighted by Crippen LogP contribution is -2.38. The Morgan fingerprint density at radius 2 is 2.47 bits per heavy atom. The second kappa shape index (κ2) is 6.77. The van der Waals surface area contributed by atoms with E-state index in [-0.39, 0.29) is 0 Å². The Labute approximate surface area is 104 Å². The van der Waals surface area contributed by atoms with Crippen molar-refractivity contribution in [1.29, 1.82) is 0 Å². The summed E-state index contributed by atoms with van der Waals surface area (Å²) < 4.78 is 0. The Morgan fingerprint density at radius 1 is 1.53 bits per heavy atom. The summed E-state index contributed by atoms with van der Waals surface area (Å²) in [7, 11) is 0. The Hall–Kier alpha value is -0.870. The normalized spacial score (nSPS) is 21.8. The van der Waals surface area contributed by atoms with Gasteiger partial charge in [-0.3, -0.25) is 5.10 Å². The maximum absolute atomic E-state index is 3.93. The number of hydrogen-bond acceptors (Lipinski definition) is 3. The molecule has 1 aromatic heterocycles. The van der Waals surface area contributed by atoms with Gasteiger partial charge in [-0.25, -0.2) is 0 Å². The van der Waals surface area contributed by atoms with E-state index in [4.69, 9.17) is 0 Å². The van der Waals surface area contributed by atoms with E-state index in [0.29, 0.717) is 0 Å². The van der Waals surface area contributed by atoms with Crippen molar-refractivity contribution in [1.82, 2.24) is 20.4 Å². The molecule has 2 N–H and O–H groups in total. The molecule has 1 unspecified atom stereocenters. The van der Waals surface area contributed by atoms with E-state index in [1.165, 1.54) is 38.8 Å². The van der Waals surface area contributed by atoms with Gasteiger partial charge in [0.1, 0.15) is 0 Å². The molecule has 96 valence electrons. The lowest BCUT2D eigenvalue weighted by Gasteiger charge is -2.33. The number of aromatic nitrogens is 2. The summed E-state index contributed by atoms with van der Waals surface area (Å²) in [5.74, 6) is 0. The van der Waals surface area contributed by atoms with E-state index in [0.717, 1.165) is 24.8 Å². The molecule has 0 saturated carbocycles. The highest BCUT2D eigenvalue weighted by Crippen LogP contribution is 2.15. The number of aromatic amines is 1. The number of nitrogens with one attached hydrogen (secondary N) is 2. The van der Waals surface area contributed by atoms with Crippen LogP contribution in [0.4, 0.5) is 0 Å². The molecule has 4 heteroatoms. The minimum absolute atomic E-state index is 0.788. The number of piperidine rings is 1. The SMILES string of the molecule is CC1CCCCN1CCCNCc1ccn[nH]1. The van der Waals surface area contributed by atoms with Crippen LogP contribution in [0.3, 0.4) is 0 Å². The third kappa shape index (κ3) is 4.13. The molecule has 0 radical (unpaired) electrons. The largest absolute Gasteiger partial charge is 0.311 e. The highest BCUT2D eigenvalue weighted by Gasteiger charge is 2.16. The first kappa shape index (κ1) is 12.6. The monoisotopic (exact) mass is 236 g/mol. The van der Waals surface area contributed by atoms with Crippen molar-refractivity contribution >= 4 is 0 Å². The fraction of sp³-hybridized carbons (Fsp3) is 0.769. The zero-order valence-corrected chi connectivity index (χ0v) is 10.8. The molecule has 2 heterocycles. The van der Waals surface area contributed by atoms with E-state index in [1.807, 2.05) is 6.07 Å². The lowest BCUT2D eigenvalue weighted by molar-refractivity contribution is 0.159. The topological polar surface area (TPSA) is 44.0 Å². The van der Waals surface area contributed by atoms with Crippen LogP contribution in [-0.2, 0) is 6.54 Å². The fourth-order valence-corrected chi connectivity index (χ4v) is 2.50. The number of likely N-dealkylation sites (tertiary alicyclic amines) is 1. The molecule has 1 aliphatic heterocycles. The first-order valence-electron chi connectivity index (χ1n) is 6.79. The zero-order valence-electron chi connectivity index (χ0n) is 10.8. The standard InChI is InChI=1S/C13H24N4/c1-12-5-2-3-9-17(12)10-4-7-14-11-13-6-8-15-16-13/h6,8,12,14H,2-5,7,9-11H2,1H3,(H,15,16). The van der Waals surface area contributed by atoms with E-state index in [1.54, 1.807) is 6.20 Å². The van der Waals surface area contributed by atoms with Crippen LogP contribution in [0.1, 0.15) is 38.3 Å². The van der Waals surface area contributed by atoms with Crippen LogP contribution in [0.2, 0.25) is 0 Å². The van der Waals surface area contributed by atoms with Crippen LogP contribution in [0, 0.1) is 0 Å². The van der Waals surface area contributed by atoms with Gasteiger partial charge in [0.15, 0.2) is 0 Å². The quantitative estimate of drug-likeness (QED) is 0.740. The molecule has 1 fully saturated rings. The molecule has 1 aliphatic rings. The van der Waals surface area contributed by atoms with Gasteiger partial charge in [-0.1, -0.05) is 6.42 Å². The molecule has 17 heavy (non-hydrogen) atoms. The van der Waals surface area contributed by atoms with E-state index in [9.17, 15) is 0 Å². The van der Waals surface area contributed by atoms with Gasteiger partial charge in [0.25, 0.3) is 0 Å². The van der Waals surface area contributed by atoms with Crippen molar-refractivity contribution < 1.29 is 0 Å². The van der Waals surface area contributed by atoms with E-state index < -0.39 is 0 Å². The van der Waals surface area contributed by atoms with Gasteiger partial charge in [-0.2, -0.15) is 5.10 Å². The average molecular weight is 236 g/mol. The van der Waals surface area contributed by atoms with E-state index >= 15 is 0 Å². The summed E-state index contributed by atoms with van der Waals surface area (Å²) in [5.41, 5.74) is 1.16. The highest BCUT2D eigenvalue weighted by atomic mass is 15.2. The van der Waals surface area contributed by atoms with E-state index in [2.05, 4.69) is 27.3 Å². The minimum atomic E-state index is 0.788. The zero-order chi connectivity index (χ0) is 11.9. The van der Waals surface area contributed by atoms with Crippen molar-refractivity contribution in [3.05, 3.63) is 18.0 Å². The predicted octanol–water partition coefficient (Wildman–Crippen LogP) is 1.76. The lowest BCUT2D eigenvalue weighted by atomic mass is 10.0. The molecule has 2 rings (SSSR count). The first-order chi connectivity index (χ1) is 8.36. The maximum atomic E-state index is 3.93.